The molecule has 2 aromatic carbocycles. The van der Waals surface area contributed by atoms with E-state index in [-0.39, 0.29) is 15.7 Å². The Morgan fingerprint density at radius 1 is 1.03 bits per heavy atom. The molecule has 4 rings (SSSR count). The van der Waals surface area contributed by atoms with Crippen molar-refractivity contribution in [2.24, 2.45) is 0 Å². The van der Waals surface area contributed by atoms with E-state index in [1.54, 1.807) is 18.2 Å². The molecule has 0 amide bonds. The fourth-order valence-corrected chi connectivity index (χ4v) is 5.11. The molecule has 0 radical (unpaired) electrons. The Morgan fingerprint density at radius 3 is 2.52 bits per heavy atom. The molecule has 0 aliphatic heterocycles. The summed E-state index contributed by atoms with van der Waals surface area (Å²) in [4.78, 5) is 8.29. The monoisotopic (exact) mass is 492 g/mol. The zero-order valence-electron chi connectivity index (χ0n) is 17.1. The second kappa shape index (κ2) is 8.64. The maximum atomic E-state index is 13.0. The number of benzene rings is 2. The van der Waals surface area contributed by atoms with Gasteiger partial charge in [-0.3, -0.25) is 9.97 Å². The molecule has 10 heteroatoms. The Bertz CT molecular complexity index is 1460. The predicted molar refractivity (Wildman–Crippen MR) is 119 cm³/mol. The van der Waals surface area contributed by atoms with Gasteiger partial charge in [-0.05, 0) is 41.8 Å². The van der Waals surface area contributed by atoms with Gasteiger partial charge in [0.1, 0.15) is 5.75 Å². The van der Waals surface area contributed by atoms with Crippen LogP contribution in [0.15, 0.2) is 72.0 Å². The fraction of sp³-hybridized carbons (Fsp3) is 0.130. The highest BCUT2D eigenvalue weighted by Gasteiger charge is 2.31. The number of methoxy groups -OCH3 is 1. The largest absolute Gasteiger partial charge is 0.495 e. The average Bonchev–Trinajstić information content (AvgIpc) is 2.78. The van der Waals surface area contributed by atoms with Gasteiger partial charge in [0.15, 0.2) is 9.84 Å². The first-order valence-electron chi connectivity index (χ1n) is 9.55. The van der Waals surface area contributed by atoms with Gasteiger partial charge in [-0.1, -0.05) is 23.7 Å². The summed E-state index contributed by atoms with van der Waals surface area (Å²) in [6.07, 6.45) is -0.139. The number of hydrogen-bond donors (Lipinski definition) is 0. The van der Waals surface area contributed by atoms with Crippen molar-refractivity contribution in [1.29, 1.82) is 0 Å². The molecule has 33 heavy (non-hydrogen) atoms. The summed E-state index contributed by atoms with van der Waals surface area (Å²) in [6.45, 7) is 0. The summed E-state index contributed by atoms with van der Waals surface area (Å²) in [5.74, 6) is 0.0812. The molecule has 0 bridgehead atoms. The number of rotatable bonds is 5. The number of fused-ring (bicyclic) bond motifs is 1. The first-order chi connectivity index (χ1) is 15.6. The van der Waals surface area contributed by atoms with Crippen molar-refractivity contribution in [2.45, 2.75) is 16.8 Å². The van der Waals surface area contributed by atoms with E-state index in [4.69, 9.17) is 16.3 Å². The van der Waals surface area contributed by atoms with Gasteiger partial charge in [-0.25, -0.2) is 8.42 Å². The van der Waals surface area contributed by atoms with Crippen LogP contribution >= 0.6 is 11.6 Å². The highest BCUT2D eigenvalue weighted by Crippen LogP contribution is 2.37. The van der Waals surface area contributed by atoms with Crippen molar-refractivity contribution in [3.8, 4) is 17.0 Å². The molecule has 0 aliphatic rings. The summed E-state index contributed by atoms with van der Waals surface area (Å²) < 4.78 is 70.2. The number of nitrogens with zero attached hydrogens (tertiary/aromatic N) is 2. The molecular formula is C23H16ClF3N2O3S. The van der Waals surface area contributed by atoms with Crippen LogP contribution in [0.5, 0.6) is 5.75 Å². The number of halogens is 4. The van der Waals surface area contributed by atoms with Crippen LogP contribution in [0.25, 0.3) is 22.0 Å². The molecule has 0 N–H and O–H groups in total. The summed E-state index contributed by atoms with van der Waals surface area (Å²) in [6, 6.07) is 10.8. The van der Waals surface area contributed by atoms with Crippen molar-refractivity contribution < 1.29 is 26.3 Å². The molecule has 0 aliphatic carbocycles. The van der Waals surface area contributed by atoms with Crippen LogP contribution in [0, 0.1) is 0 Å². The van der Waals surface area contributed by atoms with Crippen LogP contribution in [0.1, 0.15) is 11.1 Å². The Labute approximate surface area is 192 Å². The SMILES string of the molecule is COc1cnccc1CS(=O)(=O)c1ccc2c(-c3ccc(C(F)(F)F)cc3Cl)nccc2c1. The number of aromatic nitrogens is 2. The van der Waals surface area contributed by atoms with E-state index < -0.39 is 21.6 Å². The van der Waals surface area contributed by atoms with Crippen LogP contribution in [-0.2, 0) is 21.8 Å². The van der Waals surface area contributed by atoms with E-state index in [1.807, 2.05) is 0 Å². The normalized spacial score (nSPS) is 12.2. The van der Waals surface area contributed by atoms with E-state index in [1.165, 1.54) is 43.9 Å². The number of alkyl halides is 3. The molecule has 0 atom stereocenters. The molecular weight excluding hydrogens is 477 g/mol. The quantitative estimate of drug-likeness (QED) is 0.344. The van der Waals surface area contributed by atoms with E-state index in [0.29, 0.717) is 33.3 Å². The van der Waals surface area contributed by atoms with Crippen LogP contribution in [0.4, 0.5) is 13.2 Å². The van der Waals surface area contributed by atoms with Gasteiger partial charge in [-0.2, -0.15) is 13.2 Å². The molecule has 4 aromatic rings. The topological polar surface area (TPSA) is 69.2 Å². The van der Waals surface area contributed by atoms with Gasteiger partial charge in [-0.15, -0.1) is 0 Å². The Balaban J connectivity index is 1.75. The standard InChI is InChI=1S/C23H16ClF3N2O3S/c1-32-21-12-28-8-6-15(21)13-33(30,31)17-3-5-18-14(10-17)7-9-29-22(18)19-4-2-16(11-20(19)24)23(25,26)27/h2-12H,13H2,1H3. The molecule has 2 heterocycles. The summed E-state index contributed by atoms with van der Waals surface area (Å²) in [5.41, 5.74) is 0.273. The third kappa shape index (κ3) is 4.65. The third-order valence-corrected chi connectivity index (χ3v) is 7.06. The summed E-state index contributed by atoms with van der Waals surface area (Å²) >= 11 is 6.14. The first-order valence-corrected chi connectivity index (χ1v) is 11.6. The Hall–Kier alpha value is -3.17. The van der Waals surface area contributed by atoms with Gasteiger partial charge >= 0.3 is 6.18 Å². The molecule has 5 nitrogen and oxygen atoms in total. The van der Waals surface area contributed by atoms with Crippen molar-refractivity contribution >= 4 is 32.2 Å². The maximum absolute atomic E-state index is 13.0. The minimum Gasteiger partial charge on any atom is -0.495 e. The van der Waals surface area contributed by atoms with E-state index in [9.17, 15) is 21.6 Å². The second-order valence-electron chi connectivity index (χ2n) is 7.18. The van der Waals surface area contributed by atoms with E-state index in [0.717, 1.165) is 12.1 Å². The third-order valence-electron chi connectivity index (χ3n) is 5.08. The molecule has 0 saturated carbocycles. The maximum Gasteiger partial charge on any atom is 0.416 e. The van der Waals surface area contributed by atoms with E-state index in [2.05, 4.69) is 9.97 Å². The van der Waals surface area contributed by atoms with Gasteiger partial charge < -0.3 is 4.74 Å². The lowest BCUT2D eigenvalue weighted by Crippen LogP contribution is -2.06. The number of ether oxygens (including phenoxy) is 1. The van der Waals surface area contributed by atoms with Gasteiger partial charge in [0.25, 0.3) is 0 Å². The van der Waals surface area contributed by atoms with Crippen LogP contribution in [0.3, 0.4) is 0 Å². The van der Waals surface area contributed by atoms with Crippen molar-refractivity contribution in [2.75, 3.05) is 7.11 Å². The fourth-order valence-electron chi connectivity index (χ4n) is 3.45. The number of hydrogen-bond acceptors (Lipinski definition) is 5. The molecule has 0 fully saturated rings. The summed E-state index contributed by atoms with van der Waals surface area (Å²) in [7, 11) is -2.29. The average molecular weight is 493 g/mol. The Kier molecular flexibility index (Phi) is 6.02. The van der Waals surface area contributed by atoms with Crippen LogP contribution in [0.2, 0.25) is 5.02 Å². The molecule has 2 aromatic heterocycles. The molecule has 0 saturated heterocycles. The van der Waals surface area contributed by atoms with E-state index >= 15 is 0 Å². The number of pyridine rings is 2. The van der Waals surface area contributed by atoms with Crippen LogP contribution in [-0.4, -0.2) is 25.5 Å². The predicted octanol–water partition coefficient (Wildman–Crippen LogP) is 5.95. The van der Waals surface area contributed by atoms with Crippen molar-refractivity contribution in [3.05, 3.63) is 83.3 Å². The summed E-state index contributed by atoms with van der Waals surface area (Å²) in [5, 5.41) is 1.00. The lowest BCUT2D eigenvalue weighted by molar-refractivity contribution is -0.137. The number of sulfone groups is 1. The minimum atomic E-state index is -4.52. The zero-order valence-corrected chi connectivity index (χ0v) is 18.7. The zero-order chi connectivity index (χ0) is 23.8. The highest BCUT2D eigenvalue weighted by atomic mass is 35.5. The molecule has 0 unspecified atom stereocenters. The van der Waals surface area contributed by atoms with Gasteiger partial charge in [0, 0.05) is 28.9 Å². The highest BCUT2D eigenvalue weighted by molar-refractivity contribution is 7.90. The van der Waals surface area contributed by atoms with Crippen molar-refractivity contribution in [3.63, 3.8) is 0 Å². The molecule has 0 spiro atoms. The smallest absolute Gasteiger partial charge is 0.416 e. The minimum absolute atomic E-state index is 0.0875. The Morgan fingerprint density at radius 2 is 1.82 bits per heavy atom. The van der Waals surface area contributed by atoms with Crippen LogP contribution < -0.4 is 4.74 Å². The van der Waals surface area contributed by atoms with Gasteiger partial charge in [0.05, 0.1) is 40.2 Å². The van der Waals surface area contributed by atoms with Gasteiger partial charge in [0.2, 0.25) is 0 Å². The molecule has 170 valence electrons. The lowest BCUT2D eigenvalue weighted by atomic mass is 10.0. The lowest BCUT2D eigenvalue weighted by Gasteiger charge is -2.12. The second-order valence-corrected chi connectivity index (χ2v) is 9.58. The van der Waals surface area contributed by atoms with Crippen molar-refractivity contribution in [1.82, 2.24) is 9.97 Å². The first kappa shape index (κ1) is 23.0.